The highest BCUT2D eigenvalue weighted by Crippen LogP contribution is 2.44. The van der Waals surface area contributed by atoms with E-state index in [0.717, 1.165) is 33.6 Å². The summed E-state index contributed by atoms with van der Waals surface area (Å²) in [5.74, 6) is -2.16. The first-order valence-electron chi connectivity index (χ1n) is 11.3. The average Bonchev–Trinajstić information content (AvgIpc) is 3.34. The van der Waals surface area contributed by atoms with Crippen LogP contribution in [0.1, 0.15) is 31.2 Å². The van der Waals surface area contributed by atoms with Crippen molar-refractivity contribution in [3.8, 4) is 5.75 Å². The smallest absolute Gasteiger partial charge is 0.170 e. The molecular weight excluding hydrogens is 453 g/mol. The van der Waals surface area contributed by atoms with Crippen LogP contribution in [0.3, 0.4) is 0 Å². The van der Waals surface area contributed by atoms with Crippen LogP contribution in [-0.4, -0.2) is 0 Å². The summed E-state index contributed by atoms with van der Waals surface area (Å²) in [7, 11) is -0.476. The van der Waals surface area contributed by atoms with E-state index in [1.165, 1.54) is 18.2 Å². The fourth-order valence-electron chi connectivity index (χ4n) is 4.60. The van der Waals surface area contributed by atoms with Gasteiger partial charge in [0.05, 0.1) is 10.9 Å². The molecule has 0 atom stereocenters. The predicted octanol–water partition coefficient (Wildman–Crippen LogP) is 8.05. The summed E-state index contributed by atoms with van der Waals surface area (Å²) >= 11 is 0. The molecule has 0 amide bonds. The zero-order valence-corrected chi connectivity index (χ0v) is 19.3. The number of ether oxygens (including phenoxy) is 1. The summed E-state index contributed by atoms with van der Waals surface area (Å²) in [5.41, 5.74) is -0.321. The molecule has 0 aromatic heterocycles. The molecule has 0 spiro atoms. The normalized spacial score (nSPS) is 14.9. The van der Waals surface area contributed by atoms with E-state index in [1.54, 1.807) is 6.07 Å². The maximum Gasteiger partial charge on any atom is 0.170 e. The van der Waals surface area contributed by atoms with Crippen molar-refractivity contribution < 1.29 is 17.9 Å². The van der Waals surface area contributed by atoms with Crippen molar-refractivity contribution in [2.75, 3.05) is 0 Å². The summed E-state index contributed by atoms with van der Waals surface area (Å²) in [6, 6.07) is 29.0. The lowest BCUT2D eigenvalue weighted by Crippen LogP contribution is -2.30. The largest absolute Gasteiger partial charge is 0.479 e. The molecule has 1 aliphatic rings. The van der Waals surface area contributed by atoms with Crippen molar-refractivity contribution in [2.24, 2.45) is 0 Å². The van der Waals surface area contributed by atoms with E-state index < -0.39 is 33.9 Å². The Balaban J connectivity index is 1.51. The Morgan fingerprint density at radius 2 is 1.21 bits per heavy atom. The number of benzene rings is 4. The van der Waals surface area contributed by atoms with Crippen LogP contribution in [0, 0.1) is 17.5 Å². The Kier molecular flexibility index (Phi) is 6.38. The molecule has 0 saturated heterocycles. The molecule has 4 aromatic rings. The number of hydrogen-bond donors (Lipinski definition) is 0. The zero-order valence-electron chi connectivity index (χ0n) is 18.5. The Hall–Kier alpha value is -3.18. The Morgan fingerprint density at radius 1 is 0.588 bits per heavy atom. The van der Waals surface area contributed by atoms with Crippen molar-refractivity contribution in [1.82, 2.24) is 0 Å². The van der Waals surface area contributed by atoms with Crippen LogP contribution >= 0.6 is 0 Å². The minimum atomic E-state index is -0.919. The van der Waals surface area contributed by atoms with E-state index in [-0.39, 0.29) is 5.75 Å². The van der Waals surface area contributed by atoms with E-state index in [4.69, 9.17) is 4.74 Å². The highest BCUT2D eigenvalue weighted by Gasteiger charge is 2.39. The van der Waals surface area contributed by atoms with Crippen molar-refractivity contribution in [3.63, 3.8) is 0 Å². The Bertz CT molecular complexity index is 1230. The molecule has 5 heteroatoms. The molecule has 1 nitrogen and oxygen atoms in total. The van der Waals surface area contributed by atoms with Crippen LogP contribution in [0.25, 0.3) is 0 Å². The quantitative estimate of drug-likeness (QED) is 0.255. The molecule has 0 unspecified atom stereocenters. The molecule has 0 N–H and O–H groups in total. The van der Waals surface area contributed by atoms with Crippen LogP contribution in [0.2, 0.25) is 0 Å². The topological polar surface area (TPSA) is 9.23 Å². The lowest BCUT2D eigenvalue weighted by molar-refractivity contribution is 0.0684. The van der Waals surface area contributed by atoms with Crippen LogP contribution in [0.5, 0.6) is 5.75 Å². The van der Waals surface area contributed by atoms with Crippen LogP contribution < -0.4 is 4.74 Å². The fourth-order valence-corrected chi connectivity index (χ4v) is 6.70. The zero-order chi connectivity index (χ0) is 23.5. The molecule has 0 bridgehead atoms. The second-order valence-corrected chi connectivity index (χ2v) is 10.5. The number of rotatable bonds is 6. The minimum Gasteiger partial charge on any atom is -0.479 e. The second kappa shape index (κ2) is 9.59. The standard InChI is InChI=1S/C29H24F3OS/c30-25-15-13-21(19-26(25)31)29(17-7-8-18-29)33-28-16-14-24(20-27(28)32)34(22-9-3-1-4-10-22)23-11-5-2-6-12-23/h1-6,9-16,19-20H,7-8,17-18H2/q+1. The van der Waals surface area contributed by atoms with E-state index in [1.807, 2.05) is 42.5 Å². The Morgan fingerprint density at radius 3 is 1.76 bits per heavy atom. The van der Waals surface area contributed by atoms with E-state index in [9.17, 15) is 8.78 Å². The van der Waals surface area contributed by atoms with E-state index in [2.05, 4.69) is 24.3 Å². The van der Waals surface area contributed by atoms with Gasteiger partial charge in [-0.3, -0.25) is 0 Å². The Labute approximate surface area is 200 Å². The monoisotopic (exact) mass is 477 g/mol. The van der Waals surface area contributed by atoms with Gasteiger partial charge >= 0.3 is 0 Å². The van der Waals surface area contributed by atoms with Crippen LogP contribution in [0.15, 0.2) is 112 Å². The first-order valence-corrected chi connectivity index (χ1v) is 12.6. The van der Waals surface area contributed by atoms with E-state index >= 15 is 4.39 Å². The molecule has 1 aliphatic carbocycles. The van der Waals surface area contributed by atoms with Crippen molar-refractivity contribution in [1.29, 1.82) is 0 Å². The third-order valence-corrected chi connectivity index (χ3v) is 8.47. The van der Waals surface area contributed by atoms with Crippen molar-refractivity contribution in [2.45, 2.75) is 46.0 Å². The molecule has 4 aromatic carbocycles. The summed E-state index contributed by atoms with van der Waals surface area (Å²) in [6.45, 7) is 0. The molecule has 0 heterocycles. The fraction of sp³-hybridized carbons (Fsp3) is 0.172. The van der Waals surface area contributed by atoms with Crippen LogP contribution in [-0.2, 0) is 16.5 Å². The van der Waals surface area contributed by atoms with Crippen molar-refractivity contribution >= 4 is 10.9 Å². The molecule has 0 aliphatic heterocycles. The molecule has 34 heavy (non-hydrogen) atoms. The van der Waals surface area contributed by atoms with E-state index in [0.29, 0.717) is 18.4 Å². The van der Waals surface area contributed by atoms with Gasteiger partial charge in [-0.05, 0) is 79.8 Å². The first-order chi connectivity index (χ1) is 16.6. The summed E-state index contributed by atoms with van der Waals surface area (Å²) in [6.07, 6.45) is 3.00. The molecule has 172 valence electrons. The second-order valence-electron chi connectivity index (χ2n) is 8.46. The molecule has 0 radical (unpaired) electrons. The summed E-state index contributed by atoms with van der Waals surface area (Å²) in [5, 5.41) is 0. The van der Waals surface area contributed by atoms with Gasteiger partial charge in [0.1, 0.15) is 5.60 Å². The van der Waals surface area contributed by atoms with Gasteiger partial charge in [0.2, 0.25) is 0 Å². The summed E-state index contributed by atoms with van der Waals surface area (Å²) < 4.78 is 49.2. The van der Waals surface area contributed by atoms with Crippen molar-refractivity contribution in [3.05, 3.63) is 120 Å². The SMILES string of the molecule is Fc1ccc(C2(Oc3ccc([S+](c4ccccc4)c4ccccc4)cc3F)CCCC2)cc1F. The van der Waals surface area contributed by atoms with Gasteiger partial charge in [-0.1, -0.05) is 42.5 Å². The van der Waals surface area contributed by atoms with Gasteiger partial charge < -0.3 is 4.74 Å². The third kappa shape index (κ3) is 4.45. The number of halogens is 3. The third-order valence-electron chi connectivity index (χ3n) is 6.26. The number of hydrogen-bond acceptors (Lipinski definition) is 1. The highest BCUT2D eigenvalue weighted by molar-refractivity contribution is 7.97. The van der Waals surface area contributed by atoms with Gasteiger partial charge in [-0.25, -0.2) is 13.2 Å². The molecule has 1 saturated carbocycles. The maximum atomic E-state index is 15.5. The molecule has 1 fully saturated rings. The van der Waals surface area contributed by atoms with Gasteiger partial charge in [-0.15, -0.1) is 0 Å². The van der Waals surface area contributed by atoms with Gasteiger partial charge in [0.25, 0.3) is 0 Å². The lowest BCUT2D eigenvalue weighted by atomic mass is 9.91. The van der Waals surface area contributed by atoms with Gasteiger partial charge in [-0.2, -0.15) is 0 Å². The van der Waals surface area contributed by atoms with Gasteiger partial charge in [0, 0.05) is 6.07 Å². The average molecular weight is 478 g/mol. The van der Waals surface area contributed by atoms with Gasteiger partial charge in [0.15, 0.2) is 37.9 Å². The summed E-state index contributed by atoms with van der Waals surface area (Å²) in [4.78, 5) is 3.03. The lowest BCUT2D eigenvalue weighted by Gasteiger charge is -2.31. The highest BCUT2D eigenvalue weighted by atomic mass is 32.2. The first kappa shape index (κ1) is 22.6. The molecule has 5 rings (SSSR count). The maximum absolute atomic E-state index is 15.5. The van der Waals surface area contributed by atoms with Crippen LogP contribution in [0.4, 0.5) is 13.2 Å². The minimum absolute atomic E-state index is 0.125. The predicted molar refractivity (Wildman–Crippen MR) is 129 cm³/mol. The molecular formula is C29H24F3OS+.